The Labute approximate surface area is 119 Å². The molecule has 0 aromatic carbocycles. The molecule has 0 saturated carbocycles. The van der Waals surface area contributed by atoms with E-state index >= 15 is 0 Å². The van der Waals surface area contributed by atoms with Crippen molar-refractivity contribution in [3.63, 3.8) is 0 Å². The van der Waals surface area contributed by atoms with E-state index in [-0.39, 0.29) is 0 Å². The van der Waals surface area contributed by atoms with Crippen LogP contribution in [0.4, 0.5) is 0 Å². The Hall–Kier alpha value is -1.54. The van der Waals surface area contributed by atoms with Crippen molar-refractivity contribution in [1.82, 2.24) is 29.5 Å². The summed E-state index contributed by atoms with van der Waals surface area (Å²) in [4.78, 5) is 8.58. The van der Waals surface area contributed by atoms with Gasteiger partial charge in [0.25, 0.3) is 0 Å². The number of halogens is 2. The molecule has 0 aliphatic carbocycles. The summed E-state index contributed by atoms with van der Waals surface area (Å²) in [6, 6.07) is 0. The van der Waals surface area contributed by atoms with Crippen LogP contribution < -0.4 is 0 Å². The maximum Gasteiger partial charge on any atom is 0.174 e. The smallest absolute Gasteiger partial charge is 0.174 e. The topological polar surface area (TPSA) is 61.4 Å². The van der Waals surface area contributed by atoms with Gasteiger partial charge in [0.2, 0.25) is 0 Å². The van der Waals surface area contributed by atoms with E-state index < -0.39 is 0 Å². The second kappa shape index (κ2) is 4.62. The van der Waals surface area contributed by atoms with Gasteiger partial charge in [-0.05, 0) is 31.9 Å². The number of aromatic nitrogens is 6. The van der Waals surface area contributed by atoms with Gasteiger partial charge in [0.1, 0.15) is 0 Å². The van der Waals surface area contributed by atoms with Crippen LogP contribution in [0.5, 0.6) is 0 Å². The van der Waals surface area contributed by atoms with Crippen LogP contribution in [0.15, 0.2) is 46.1 Å². The van der Waals surface area contributed by atoms with Crippen molar-refractivity contribution >= 4 is 31.9 Å². The van der Waals surface area contributed by atoms with Crippen LogP contribution in [0.25, 0.3) is 11.6 Å². The molecule has 0 N–H and O–H groups in total. The average molecular weight is 370 g/mol. The fourth-order valence-corrected chi connectivity index (χ4v) is 1.99. The Balaban J connectivity index is 2.04. The predicted octanol–water partition coefficient (Wildman–Crippen LogP) is 2.37. The van der Waals surface area contributed by atoms with Crippen LogP contribution in [0.1, 0.15) is 0 Å². The normalized spacial score (nSPS) is 10.8. The Morgan fingerprint density at radius 3 is 1.67 bits per heavy atom. The van der Waals surface area contributed by atoms with Crippen LogP contribution in [0.2, 0.25) is 0 Å². The van der Waals surface area contributed by atoms with Crippen molar-refractivity contribution in [2.75, 3.05) is 0 Å². The molecule has 8 heteroatoms. The van der Waals surface area contributed by atoms with Crippen LogP contribution in [-0.4, -0.2) is 29.5 Å². The van der Waals surface area contributed by atoms with Crippen molar-refractivity contribution in [2.45, 2.75) is 0 Å². The molecule has 0 spiro atoms. The Morgan fingerprint density at radius 1 is 0.778 bits per heavy atom. The lowest BCUT2D eigenvalue weighted by atomic mass is 10.6. The lowest BCUT2D eigenvalue weighted by Gasteiger charge is -2.03. The largest absolute Gasteiger partial charge is 0.257 e. The molecule has 0 fully saturated rings. The molecule has 0 atom stereocenters. The van der Waals surface area contributed by atoms with Gasteiger partial charge in [0, 0.05) is 12.4 Å². The first kappa shape index (κ1) is 11.5. The minimum Gasteiger partial charge on any atom is -0.257 e. The van der Waals surface area contributed by atoms with E-state index in [1.54, 1.807) is 34.2 Å². The van der Waals surface area contributed by atoms with Gasteiger partial charge < -0.3 is 0 Å². The molecule has 90 valence electrons. The lowest BCUT2D eigenvalue weighted by molar-refractivity contribution is 0.791. The third-order valence-electron chi connectivity index (χ3n) is 2.18. The summed E-state index contributed by atoms with van der Waals surface area (Å²) in [6.07, 6.45) is 10.3. The van der Waals surface area contributed by atoms with E-state index in [1.165, 1.54) is 0 Å². The van der Waals surface area contributed by atoms with Gasteiger partial charge >= 0.3 is 0 Å². The zero-order valence-corrected chi connectivity index (χ0v) is 12.1. The van der Waals surface area contributed by atoms with Crippen LogP contribution in [0, 0.1) is 0 Å². The molecule has 0 bridgehead atoms. The van der Waals surface area contributed by atoms with Gasteiger partial charge in [0.15, 0.2) is 11.6 Å². The Kier molecular flexibility index (Phi) is 2.96. The number of rotatable bonds is 2. The molecule has 3 rings (SSSR count). The fourth-order valence-electron chi connectivity index (χ4n) is 1.42. The third kappa shape index (κ3) is 2.21. The monoisotopic (exact) mass is 368 g/mol. The van der Waals surface area contributed by atoms with Crippen LogP contribution in [0.3, 0.4) is 0 Å². The molecule has 0 aliphatic rings. The SMILES string of the molecule is Brc1cnn(-c2cncc(-n3cc(Br)cn3)n2)c1. The summed E-state index contributed by atoms with van der Waals surface area (Å²) in [5.74, 6) is 1.26. The van der Waals surface area contributed by atoms with Gasteiger partial charge in [-0.3, -0.25) is 4.98 Å². The van der Waals surface area contributed by atoms with Gasteiger partial charge in [0.05, 0.1) is 33.7 Å². The number of hydrogen-bond donors (Lipinski definition) is 0. The van der Waals surface area contributed by atoms with Crippen molar-refractivity contribution in [1.29, 1.82) is 0 Å². The first-order valence-electron chi connectivity index (χ1n) is 4.95. The van der Waals surface area contributed by atoms with Gasteiger partial charge in [-0.25, -0.2) is 14.3 Å². The highest BCUT2D eigenvalue weighted by molar-refractivity contribution is 9.10. The van der Waals surface area contributed by atoms with Crippen molar-refractivity contribution in [3.8, 4) is 11.6 Å². The highest BCUT2D eigenvalue weighted by atomic mass is 79.9. The highest BCUT2D eigenvalue weighted by Crippen LogP contribution is 2.13. The molecule has 18 heavy (non-hydrogen) atoms. The van der Waals surface area contributed by atoms with Crippen molar-refractivity contribution in [3.05, 3.63) is 46.1 Å². The van der Waals surface area contributed by atoms with Crippen molar-refractivity contribution < 1.29 is 0 Å². The quantitative estimate of drug-likeness (QED) is 0.695. The van der Waals surface area contributed by atoms with Crippen molar-refractivity contribution in [2.24, 2.45) is 0 Å². The zero-order chi connectivity index (χ0) is 12.5. The molecular weight excluding hydrogens is 364 g/mol. The van der Waals surface area contributed by atoms with E-state index in [0.717, 1.165) is 8.95 Å². The molecule has 0 unspecified atom stereocenters. The van der Waals surface area contributed by atoms with Crippen LogP contribution >= 0.6 is 31.9 Å². The van der Waals surface area contributed by atoms with E-state index in [1.807, 2.05) is 12.4 Å². The lowest BCUT2D eigenvalue weighted by Crippen LogP contribution is -2.04. The number of hydrogen-bond acceptors (Lipinski definition) is 4. The molecule has 3 aromatic heterocycles. The summed E-state index contributed by atoms with van der Waals surface area (Å²) < 4.78 is 5.05. The summed E-state index contributed by atoms with van der Waals surface area (Å²) in [6.45, 7) is 0. The van der Waals surface area contributed by atoms with Crippen LogP contribution in [-0.2, 0) is 0 Å². The maximum absolute atomic E-state index is 4.44. The molecule has 0 saturated heterocycles. The summed E-state index contributed by atoms with van der Waals surface area (Å²) in [5.41, 5.74) is 0. The van der Waals surface area contributed by atoms with Gasteiger partial charge in [-0.2, -0.15) is 10.2 Å². The molecular formula is C10H6Br2N6. The summed E-state index contributed by atoms with van der Waals surface area (Å²) in [5, 5.41) is 8.31. The van der Waals surface area contributed by atoms with E-state index in [2.05, 4.69) is 52.0 Å². The fraction of sp³-hybridized carbons (Fsp3) is 0. The van der Waals surface area contributed by atoms with E-state index in [9.17, 15) is 0 Å². The van der Waals surface area contributed by atoms with E-state index in [4.69, 9.17) is 0 Å². The van der Waals surface area contributed by atoms with Gasteiger partial charge in [-0.15, -0.1) is 0 Å². The Bertz CT molecular complexity index is 634. The predicted molar refractivity (Wildman–Crippen MR) is 71.7 cm³/mol. The zero-order valence-electron chi connectivity index (χ0n) is 8.90. The van der Waals surface area contributed by atoms with E-state index in [0.29, 0.717) is 11.6 Å². The molecule has 3 heterocycles. The average Bonchev–Trinajstić information content (AvgIpc) is 2.98. The first-order chi connectivity index (χ1) is 8.72. The molecule has 0 aliphatic heterocycles. The minimum atomic E-state index is 0.629. The molecule has 0 radical (unpaired) electrons. The number of nitrogens with zero attached hydrogens (tertiary/aromatic N) is 6. The highest BCUT2D eigenvalue weighted by Gasteiger charge is 2.05. The second-order valence-corrected chi connectivity index (χ2v) is 5.27. The molecule has 6 nitrogen and oxygen atoms in total. The Morgan fingerprint density at radius 2 is 1.28 bits per heavy atom. The second-order valence-electron chi connectivity index (χ2n) is 3.44. The standard InChI is InChI=1S/C10H6Br2N6/c11-7-1-14-17(5-7)9-3-13-4-10(16-9)18-6-8(12)2-15-18/h1-6H. The summed E-state index contributed by atoms with van der Waals surface area (Å²) in [7, 11) is 0. The maximum atomic E-state index is 4.44. The third-order valence-corrected chi connectivity index (χ3v) is 3.00. The minimum absolute atomic E-state index is 0.629. The molecule has 0 amide bonds. The first-order valence-corrected chi connectivity index (χ1v) is 6.54. The van der Waals surface area contributed by atoms with Gasteiger partial charge in [-0.1, -0.05) is 0 Å². The molecule has 3 aromatic rings. The summed E-state index contributed by atoms with van der Waals surface area (Å²) >= 11 is 6.68.